The Kier molecular flexibility index (Phi) is 2.03. The Morgan fingerprint density at radius 3 is 2.55 bits per heavy atom. The average Bonchev–Trinajstić information content (AvgIpc) is 1.94. The molecule has 0 bridgehead atoms. The zero-order valence-electron chi connectivity index (χ0n) is 6.29. The molecule has 0 heterocycles. The van der Waals surface area contributed by atoms with Crippen LogP contribution in [0.4, 0.5) is 0 Å². The predicted octanol–water partition coefficient (Wildman–Crippen LogP) is 1.29. The summed E-state index contributed by atoms with van der Waals surface area (Å²) in [6.07, 6.45) is 1.51. The maximum atomic E-state index is 10.9. The van der Waals surface area contributed by atoms with E-state index in [1.807, 2.05) is 0 Å². The lowest BCUT2D eigenvalue weighted by Crippen LogP contribution is -2.14. The van der Waals surface area contributed by atoms with Crippen LogP contribution in [-0.4, -0.2) is 10.7 Å². The number of hydrogen-bond acceptors (Lipinski definition) is 3. The van der Waals surface area contributed by atoms with Crippen LogP contribution in [0, 0.1) is 10.1 Å². The smallest absolute Gasteiger partial charge is 0.252 e. The molecule has 0 aliphatic heterocycles. The third kappa shape index (κ3) is 1.45. The molecule has 1 aliphatic rings. The number of ketones is 1. The SMILES string of the molecule is CC1=C([N+](=O)[O-])CCCC1=O. The third-order valence-electron chi connectivity index (χ3n) is 1.89. The van der Waals surface area contributed by atoms with Gasteiger partial charge in [0, 0.05) is 12.8 Å². The van der Waals surface area contributed by atoms with Crippen molar-refractivity contribution in [2.75, 3.05) is 0 Å². The molecule has 11 heavy (non-hydrogen) atoms. The van der Waals surface area contributed by atoms with E-state index in [1.165, 1.54) is 6.92 Å². The van der Waals surface area contributed by atoms with E-state index in [1.54, 1.807) is 0 Å². The molecule has 0 aromatic carbocycles. The van der Waals surface area contributed by atoms with Crippen LogP contribution < -0.4 is 0 Å². The molecule has 60 valence electrons. The van der Waals surface area contributed by atoms with Gasteiger partial charge in [-0.15, -0.1) is 0 Å². The predicted molar refractivity (Wildman–Crippen MR) is 38.6 cm³/mol. The van der Waals surface area contributed by atoms with Crippen molar-refractivity contribution in [3.8, 4) is 0 Å². The first-order valence-corrected chi connectivity index (χ1v) is 3.50. The molecular weight excluding hydrogens is 146 g/mol. The molecule has 0 spiro atoms. The maximum Gasteiger partial charge on any atom is 0.252 e. The molecule has 0 unspecified atom stereocenters. The summed E-state index contributed by atoms with van der Waals surface area (Å²) in [5.74, 6) is -0.0806. The van der Waals surface area contributed by atoms with Crippen molar-refractivity contribution in [1.82, 2.24) is 0 Å². The number of carbonyl (C=O) groups is 1. The van der Waals surface area contributed by atoms with Gasteiger partial charge < -0.3 is 0 Å². The summed E-state index contributed by atoms with van der Waals surface area (Å²) < 4.78 is 0. The van der Waals surface area contributed by atoms with E-state index in [0.29, 0.717) is 24.8 Å². The highest BCUT2D eigenvalue weighted by atomic mass is 16.6. The number of nitrogens with zero attached hydrogens (tertiary/aromatic N) is 1. The molecule has 0 fully saturated rings. The summed E-state index contributed by atoms with van der Waals surface area (Å²) in [6.45, 7) is 1.53. The Morgan fingerprint density at radius 1 is 1.45 bits per heavy atom. The minimum absolute atomic E-state index is 0.0806. The number of hydrogen-bond donors (Lipinski definition) is 0. The van der Waals surface area contributed by atoms with Crippen LogP contribution in [-0.2, 0) is 4.79 Å². The highest BCUT2D eigenvalue weighted by Crippen LogP contribution is 2.21. The number of allylic oxidation sites excluding steroid dienone is 2. The lowest BCUT2D eigenvalue weighted by atomic mass is 9.97. The summed E-state index contributed by atoms with van der Waals surface area (Å²) in [7, 11) is 0. The van der Waals surface area contributed by atoms with Gasteiger partial charge in [0.2, 0.25) is 0 Å². The van der Waals surface area contributed by atoms with Crippen molar-refractivity contribution in [2.45, 2.75) is 26.2 Å². The summed E-state index contributed by atoms with van der Waals surface area (Å²) in [5.41, 5.74) is 0.433. The standard InChI is InChI=1S/C7H9NO3/c1-5-6(8(10)11)3-2-4-7(5)9/h2-4H2,1H3. The molecule has 4 nitrogen and oxygen atoms in total. The fraction of sp³-hybridized carbons (Fsp3) is 0.571. The molecule has 0 atom stereocenters. The average molecular weight is 155 g/mol. The minimum Gasteiger partial charge on any atom is -0.294 e. The second-order valence-electron chi connectivity index (χ2n) is 2.61. The zero-order chi connectivity index (χ0) is 8.43. The molecule has 1 rings (SSSR count). The fourth-order valence-electron chi connectivity index (χ4n) is 1.18. The molecule has 1 aliphatic carbocycles. The topological polar surface area (TPSA) is 60.2 Å². The molecule has 0 radical (unpaired) electrons. The molecule has 0 N–H and O–H groups in total. The zero-order valence-corrected chi connectivity index (χ0v) is 6.29. The van der Waals surface area contributed by atoms with Crippen molar-refractivity contribution < 1.29 is 9.72 Å². The molecule has 0 saturated heterocycles. The number of rotatable bonds is 1. The van der Waals surface area contributed by atoms with Crippen molar-refractivity contribution in [3.05, 3.63) is 21.4 Å². The van der Waals surface area contributed by atoms with Gasteiger partial charge in [0.05, 0.1) is 10.5 Å². The number of carbonyl (C=O) groups excluding carboxylic acids is 1. The second-order valence-corrected chi connectivity index (χ2v) is 2.61. The monoisotopic (exact) mass is 155 g/mol. The van der Waals surface area contributed by atoms with E-state index >= 15 is 0 Å². The maximum absolute atomic E-state index is 10.9. The van der Waals surface area contributed by atoms with E-state index < -0.39 is 4.92 Å². The van der Waals surface area contributed by atoms with Gasteiger partial charge in [-0.1, -0.05) is 0 Å². The van der Waals surface area contributed by atoms with Crippen molar-refractivity contribution in [3.63, 3.8) is 0 Å². The Bertz CT molecular complexity index is 242. The molecular formula is C7H9NO3. The first-order valence-electron chi connectivity index (χ1n) is 3.50. The third-order valence-corrected chi connectivity index (χ3v) is 1.89. The first-order chi connectivity index (χ1) is 5.13. The summed E-state index contributed by atoms with van der Waals surface area (Å²) in [5, 5.41) is 10.3. The first kappa shape index (κ1) is 7.91. The highest BCUT2D eigenvalue weighted by molar-refractivity contribution is 5.95. The summed E-state index contributed by atoms with van der Waals surface area (Å²) in [4.78, 5) is 20.8. The number of nitro groups is 1. The van der Waals surface area contributed by atoms with Gasteiger partial charge in [0.1, 0.15) is 0 Å². The van der Waals surface area contributed by atoms with Crippen molar-refractivity contribution >= 4 is 5.78 Å². The van der Waals surface area contributed by atoms with Crippen LogP contribution in [0.1, 0.15) is 26.2 Å². The molecule has 0 saturated carbocycles. The van der Waals surface area contributed by atoms with E-state index in [4.69, 9.17) is 0 Å². The van der Waals surface area contributed by atoms with Gasteiger partial charge in [-0.05, 0) is 13.3 Å². The normalized spacial score (nSPS) is 18.8. The quantitative estimate of drug-likeness (QED) is 0.423. The molecule has 0 aromatic rings. The fourth-order valence-corrected chi connectivity index (χ4v) is 1.18. The van der Waals surface area contributed by atoms with E-state index in [2.05, 4.69) is 0 Å². The Balaban J connectivity index is 2.98. The van der Waals surface area contributed by atoms with Crippen LogP contribution in [0.15, 0.2) is 11.3 Å². The van der Waals surface area contributed by atoms with Crippen LogP contribution in [0.2, 0.25) is 0 Å². The molecule has 0 amide bonds. The minimum atomic E-state index is -0.452. The van der Waals surface area contributed by atoms with Crippen molar-refractivity contribution in [1.29, 1.82) is 0 Å². The lowest BCUT2D eigenvalue weighted by Gasteiger charge is -2.08. The van der Waals surface area contributed by atoms with Crippen LogP contribution in [0.25, 0.3) is 0 Å². The lowest BCUT2D eigenvalue weighted by molar-refractivity contribution is -0.429. The van der Waals surface area contributed by atoms with Gasteiger partial charge in [-0.25, -0.2) is 0 Å². The van der Waals surface area contributed by atoms with E-state index in [9.17, 15) is 14.9 Å². The Morgan fingerprint density at radius 2 is 2.09 bits per heavy atom. The summed E-state index contributed by atoms with van der Waals surface area (Å²) >= 11 is 0. The second kappa shape index (κ2) is 2.82. The largest absolute Gasteiger partial charge is 0.294 e. The Labute approximate surface area is 64.0 Å². The van der Waals surface area contributed by atoms with E-state index in [0.717, 1.165) is 0 Å². The van der Waals surface area contributed by atoms with Crippen LogP contribution in [0.5, 0.6) is 0 Å². The van der Waals surface area contributed by atoms with Crippen LogP contribution in [0.3, 0.4) is 0 Å². The number of Topliss-reactive ketones (excluding diaryl/α,β-unsaturated/α-hetero) is 1. The van der Waals surface area contributed by atoms with Gasteiger partial charge in [0.15, 0.2) is 5.78 Å². The van der Waals surface area contributed by atoms with Crippen molar-refractivity contribution in [2.24, 2.45) is 0 Å². The van der Waals surface area contributed by atoms with Gasteiger partial charge in [-0.2, -0.15) is 0 Å². The molecule has 0 aromatic heterocycles. The van der Waals surface area contributed by atoms with Crippen LogP contribution >= 0.6 is 0 Å². The van der Waals surface area contributed by atoms with E-state index in [-0.39, 0.29) is 11.5 Å². The molecule has 4 heteroatoms. The highest BCUT2D eigenvalue weighted by Gasteiger charge is 2.24. The van der Waals surface area contributed by atoms with Gasteiger partial charge in [0.25, 0.3) is 5.70 Å². The van der Waals surface area contributed by atoms with Gasteiger partial charge in [-0.3, -0.25) is 14.9 Å². The summed E-state index contributed by atoms with van der Waals surface area (Å²) in [6, 6.07) is 0. The van der Waals surface area contributed by atoms with Gasteiger partial charge >= 0.3 is 0 Å². The Hall–Kier alpha value is -1.19.